The summed E-state index contributed by atoms with van der Waals surface area (Å²) in [5, 5.41) is 39.8. The van der Waals surface area contributed by atoms with Crippen molar-refractivity contribution in [1.82, 2.24) is 0 Å². The molecule has 0 bridgehead atoms. The Kier molecular flexibility index (Phi) is 10.6. The van der Waals surface area contributed by atoms with Crippen molar-refractivity contribution in [2.24, 2.45) is 0 Å². The zero-order valence-corrected chi connectivity index (χ0v) is 15.6. The second-order valence-electron chi connectivity index (χ2n) is 4.64. The Bertz CT molecular complexity index is 459. The molecular weight excluding hydrogens is 359 g/mol. The Labute approximate surface area is 163 Å². The summed E-state index contributed by atoms with van der Waals surface area (Å²) in [5.74, 6) is -3.23. The van der Waals surface area contributed by atoms with Crippen molar-refractivity contribution in [3.63, 3.8) is 0 Å². The minimum atomic E-state index is -2.30. The van der Waals surface area contributed by atoms with E-state index in [9.17, 15) is 34.8 Å². The molecule has 0 radical (unpaired) electrons. The van der Waals surface area contributed by atoms with Gasteiger partial charge in [-0.05, 0) is 0 Å². The number of hydrogen-bond acceptors (Lipinski definition) is 12. The number of hydrogen-bond donors (Lipinski definition) is 3. The summed E-state index contributed by atoms with van der Waals surface area (Å²) in [7, 11) is 2.16. The molecular formula is C12H17NaO12. The third kappa shape index (κ3) is 5.84. The van der Waals surface area contributed by atoms with Crippen LogP contribution in [0.1, 0.15) is 0 Å². The van der Waals surface area contributed by atoms with E-state index < -0.39 is 55.0 Å². The second-order valence-corrected chi connectivity index (χ2v) is 4.64. The number of carbonyl (C=O) groups is 3. The predicted molar refractivity (Wildman–Crippen MR) is 66.5 cm³/mol. The van der Waals surface area contributed by atoms with Crippen LogP contribution in [0.2, 0.25) is 0 Å². The predicted octanol–water partition coefficient (Wildman–Crippen LogP) is -7.75. The van der Waals surface area contributed by atoms with Gasteiger partial charge in [-0.2, -0.15) is 0 Å². The maximum absolute atomic E-state index is 11.8. The Morgan fingerprint density at radius 3 is 2.24 bits per heavy atom. The van der Waals surface area contributed by atoms with E-state index in [4.69, 9.17) is 18.9 Å². The van der Waals surface area contributed by atoms with Crippen LogP contribution < -0.4 is 34.7 Å². The van der Waals surface area contributed by atoms with Gasteiger partial charge < -0.3 is 48.9 Å². The Morgan fingerprint density at radius 2 is 1.80 bits per heavy atom. The van der Waals surface area contributed by atoms with Crippen LogP contribution in [0.4, 0.5) is 0 Å². The second kappa shape index (κ2) is 11.0. The monoisotopic (exact) mass is 376 g/mol. The number of esters is 1. The minimum Gasteiger partial charge on any atom is -0.547 e. The quantitative estimate of drug-likeness (QED) is 0.158. The third-order valence-electron chi connectivity index (χ3n) is 3.21. The largest absolute Gasteiger partial charge is 1.00 e. The van der Waals surface area contributed by atoms with Crippen LogP contribution in [0.3, 0.4) is 0 Å². The Balaban J connectivity index is 0.00000576. The molecule has 1 aliphatic heterocycles. The van der Waals surface area contributed by atoms with Gasteiger partial charge in [-0.1, -0.05) is 0 Å². The van der Waals surface area contributed by atoms with Gasteiger partial charge in [0.1, 0.15) is 18.3 Å². The van der Waals surface area contributed by atoms with Crippen LogP contribution in [0.5, 0.6) is 0 Å². The summed E-state index contributed by atoms with van der Waals surface area (Å²) in [4.78, 5) is 32.9. The molecule has 13 heteroatoms. The number of ether oxygens (including phenoxy) is 5. The average Bonchev–Trinajstić information content (AvgIpc) is 2.55. The summed E-state index contributed by atoms with van der Waals surface area (Å²) in [6, 6.07) is 0. The summed E-state index contributed by atoms with van der Waals surface area (Å²) in [5.41, 5.74) is 0. The van der Waals surface area contributed by atoms with Gasteiger partial charge in [0, 0.05) is 14.2 Å². The van der Waals surface area contributed by atoms with Crippen LogP contribution in [-0.2, 0) is 38.1 Å². The first-order valence-corrected chi connectivity index (χ1v) is 6.54. The molecule has 1 heterocycles. The first-order valence-electron chi connectivity index (χ1n) is 6.54. The molecule has 138 valence electrons. The number of aliphatic carboxylic acids is 1. The molecule has 0 aliphatic carbocycles. The van der Waals surface area contributed by atoms with E-state index >= 15 is 0 Å². The van der Waals surface area contributed by atoms with Crippen LogP contribution in [0.25, 0.3) is 0 Å². The van der Waals surface area contributed by atoms with Crippen molar-refractivity contribution < 1.29 is 88.1 Å². The number of carbonyl (C=O) groups excluding carboxylic acids is 3. The molecule has 0 aromatic carbocycles. The van der Waals surface area contributed by atoms with E-state index in [0.717, 1.165) is 14.2 Å². The van der Waals surface area contributed by atoms with E-state index in [1.807, 2.05) is 0 Å². The molecule has 0 saturated carbocycles. The average molecular weight is 376 g/mol. The normalized spacial score (nSPS) is 31.2. The van der Waals surface area contributed by atoms with Crippen molar-refractivity contribution in [2.75, 3.05) is 14.2 Å². The molecule has 25 heavy (non-hydrogen) atoms. The molecule has 0 aromatic heterocycles. The standard InChI is InChI=1S/C12H18O12.Na/c1-20-7-6(23-11(19)5(15)10(18)22-3-13)4(14)12(21-2)24-8(7)9(16)17;/h3-8,10,12,14-15,18H,1-2H3,(H,16,17);/q;+1/p-1/t4?,5-,6?,7?,8?,10+,12?;/m1./s1. The van der Waals surface area contributed by atoms with Crippen molar-refractivity contribution in [2.45, 2.75) is 43.1 Å². The van der Waals surface area contributed by atoms with Crippen molar-refractivity contribution in [3.8, 4) is 0 Å². The molecule has 12 nitrogen and oxygen atoms in total. The van der Waals surface area contributed by atoms with E-state index in [1.165, 1.54) is 0 Å². The van der Waals surface area contributed by atoms with Gasteiger partial charge in [0.25, 0.3) is 6.47 Å². The molecule has 1 rings (SSSR count). The Morgan fingerprint density at radius 1 is 1.20 bits per heavy atom. The van der Waals surface area contributed by atoms with Crippen molar-refractivity contribution in [1.29, 1.82) is 0 Å². The Hall–Kier alpha value is -0.830. The maximum Gasteiger partial charge on any atom is 1.00 e. The number of rotatable bonds is 8. The molecule has 1 saturated heterocycles. The van der Waals surface area contributed by atoms with E-state index in [2.05, 4.69) is 4.74 Å². The smallest absolute Gasteiger partial charge is 0.547 e. The van der Waals surface area contributed by atoms with Gasteiger partial charge in [0.2, 0.25) is 12.4 Å². The van der Waals surface area contributed by atoms with E-state index in [-0.39, 0.29) is 36.0 Å². The number of aliphatic hydroxyl groups is 3. The van der Waals surface area contributed by atoms with Crippen LogP contribution in [0, 0.1) is 0 Å². The fourth-order valence-electron chi connectivity index (χ4n) is 2.05. The molecule has 1 fully saturated rings. The molecule has 7 atom stereocenters. The summed E-state index contributed by atoms with van der Waals surface area (Å²) in [6.07, 6.45) is -12.6. The zero-order chi connectivity index (χ0) is 18.4. The number of carboxylic acids is 1. The molecule has 5 unspecified atom stereocenters. The van der Waals surface area contributed by atoms with Crippen molar-refractivity contribution >= 4 is 18.4 Å². The zero-order valence-electron chi connectivity index (χ0n) is 13.6. The van der Waals surface area contributed by atoms with Gasteiger partial charge in [0.15, 0.2) is 12.4 Å². The summed E-state index contributed by atoms with van der Waals surface area (Å²) < 4.78 is 23.3. The molecule has 0 spiro atoms. The molecule has 1 aliphatic rings. The van der Waals surface area contributed by atoms with Crippen molar-refractivity contribution in [3.05, 3.63) is 0 Å². The maximum atomic E-state index is 11.8. The number of aliphatic hydroxyl groups excluding tert-OH is 3. The van der Waals surface area contributed by atoms with Gasteiger partial charge in [-0.3, -0.25) is 4.79 Å². The SMILES string of the molecule is COC1OC(C(=O)[O-])C(OC)C(OC(=O)[C@H](O)[C@@H](O)OC=O)C1O.[Na+]. The number of carboxylic acid groups (broad SMARTS) is 1. The first-order chi connectivity index (χ1) is 11.3. The van der Waals surface area contributed by atoms with Gasteiger partial charge in [-0.15, -0.1) is 0 Å². The molecule has 3 N–H and O–H groups in total. The van der Waals surface area contributed by atoms with Gasteiger partial charge in [-0.25, -0.2) is 4.79 Å². The molecule has 0 aromatic rings. The van der Waals surface area contributed by atoms with E-state index in [0.29, 0.717) is 0 Å². The summed E-state index contributed by atoms with van der Waals surface area (Å²) in [6.45, 7) is -0.213. The topological polar surface area (TPSA) is 181 Å². The van der Waals surface area contributed by atoms with Crippen LogP contribution >= 0.6 is 0 Å². The van der Waals surface area contributed by atoms with Gasteiger partial charge >= 0.3 is 35.5 Å². The van der Waals surface area contributed by atoms with Crippen LogP contribution in [-0.4, -0.2) is 91.0 Å². The first kappa shape index (κ1) is 24.2. The number of methoxy groups -OCH3 is 2. The fourth-order valence-corrected chi connectivity index (χ4v) is 2.05. The van der Waals surface area contributed by atoms with Crippen LogP contribution in [0.15, 0.2) is 0 Å². The third-order valence-corrected chi connectivity index (χ3v) is 3.21. The van der Waals surface area contributed by atoms with E-state index in [1.54, 1.807) is 0 Å². The summed E-state index contributed by atoms with van der Waals surface area (Å²) >= 11 is 0. The molecule has 0 amide bonds. The minimum absolute atomic E-state index is 0. The fraction of sp³-hybridized carbons (Fsp3) is 0.750. The van der Waals surface area contributed by atoms with Gasteiger partial charge in [0.05, 0.1) is 5.97 Å².